The summed E-state index contributed by atoms with van der Waals surface area (Å²) >= 11 is 0. The summed E-state index contributed by atoms with van der Waals surface area (Å²) in [6.45, 7) is 11.1. The van der Waals surface area contributed by atoms with Crippen LogP contribution in [-0.2, 0) is 0 Å². The van der Waals surface area contributed by atoms with Gasteiger partial charge in [-0.05, 0) is 32.5 Å². The number of likely N-dealkylation sites (N-methyl/N-ethyl adjacent to an activating group) is 1. The lowest BCUT2D eigenvalue weighted by Gasteiger charge is -2.38. The summed E-state index contributed by atoms with van der Waals surface area (Å²) in [5, 5.41) is 3.35. The van der Waals surface area contributed by atoms with Crippen LogP contribution in [0.4, 0.5) is 0 Å². The van der Waals surface area contributed by atoms with Gasteiger partial charge in [0.25, 0.3) is 0 Å². The van der Waals surface area contributed by atoms with Gasteiger partial charge < -0.3 is 10.2 Å². The molecule has 0 radical (unpaired) electrons. The number of hydrogen-bond donors (Lipinski definition) is 1. The SMILES string of the molecule is CCN(CCN1CCCC1)C1CNC1. The highest BCUT2D eigenvalue weighted by Crippen LogP contribution is 2.09. The molecule has 0 aliphatic carbocycles. The molecule has 0 atom stereocenters. The fraction of sp³-hybridized carbons (Fsp3) is 1.00. The van der Waals surface area contributed by atoms with E-state index in [1.807, 2.05) is 0 Å². The zero-order chi connectivity index (χ0) is 9.80. The van der Waals surface area contributed by atoms with E-state index in [2.05, 4.69) is 22.0 Å². The first-order valence-electron chi connectivity index (χ1n) is 6.07. The summed E-state index contributed by atoms with van der Waals surface area (Å²) in [5.41, 5.74) is 0. The van der Waals surface area contributed by atoms with Gasteiger partial charge in [0, 0.05) is 32.2 Å². The van der Waals surface area contributed by atoms with Gasteiger partial charge >= 0.3 is 0 Å². The molecule has 0 aromatic heterocycles. The van der Waals surface area contributed by atoms with E-state index in [0.29, 0.717) is 0 Å². The normalized spacial score (nSPS) is 24.4. The van der Waals surface area contributed by atoms with Crippen LogP contribution in [0.2, 0.25) is 0 Å². The molecule has 3 heteroatoms. The summed E-state index contributed by atoms with van der Waals surface area (Å²) in [6.07, 6.45) is 2.83. The van der Waals surface area contributed by atoms with E-state index in [-0.39, 0.29) is 0 Å². The lowest BCUT2D eigenvalue weighted by molar-refractivity contribution is 0.136. The number of hydrogen-bond acceptors (Lipinski definition) is 3. The average Bonchev–Trinajstić information content (AvgIpc) is 2.61. The quantitative estimate of drug-likeness (QED) is 0.687. The molecule has 0 amide bonds. The van der Waals surface area contributed by atoms with Gasteiger partial charge in [0.2, 0.25) is 0 Å². The van der Waals surface area contributed by atoms with Crippen molar-refractivity contribution in [1.82, 2.24) is 15.1 Å². The van der Waals surface area contributed by atoms with Gasteiger partial charge in [-0.3, -0.25) is 4.90 Å². The molecule has 2 aliphatic rings. The zero-order valence-electron chi connectivity index (χ0n) is 9.34. The van der Waals surface area contributed by atoms with E-state index in [1.165, 1.54) is 58.7 Å². The Hall–Kier alpha value is -0.120. The van der Waals surface area contributed by atoms with Crippen molar-refractivity contribution >= 4 is 0 Å². The third kappa shape index (κ3) is 2.47. The van der Waals surface area contributed by atoms with Crippen molar-refractivity contribution in [2.45, 2.75) is 25.8 Å². The van der Waals surface area contributed by atoms with Crippen LogP contribution in [0.15, 0.2) is 0 Å². The summed E-state index contributed by atoms with van der Waals surface area (Å²) in [4.78, 5) is 5.23. The highest BCUT2D eigenvalue weighted by Gasteiger charge is 2.23. The zero-order valence-corrected chi connectivity index (χ0v) is 9.34. The Morgan fingerprint density at radius 1 is 1.29 bits per heavy atom. The van der Waals surface area contributed by atoms with Crippen molar-refractivity contribution in [3.8, 4) is 0 Å². The Labute approximate surface area is 87.4 Å². The molecule has 14 heavy (non-hydrogen) atoms. The van der Waals surface area contributed by atoms with Crippen LogP contribution in [0.1, 0.15) is 19.8 Å². The van der Waals surface area contributed by atoms with E-state index < -0.39 is 0 Å². The van der Waals surface area contributed by atoms with E-state index >= 15 is 0 Å². The number of likely N-dealkylation sites (tertiary alicyclic amines) is 1. The van der Waals surface area contributed by atoms with E-state index in [9.17, 15) is 0 Å². The molecule has 0 spiro atoms. The molecule has 0 saturated carbocycles. The van der Waals surface area contributed by atoms with Gasteiger partial charge in [-0.25, -0.2) is 0 Å². The predicted molar refractivity (Wildman–Crippen MR) is 59.6 cm³/mol. The third-order valence-electron chi connectivity index (χ3n) is 3.58. The van der Waals surface area contributed by atoms with Crippen LogP contribution >= 0.6 is 0 Å². The lowest BCUT2D eigenvalue weighted by Crippen LogP contribution is -2.58. The van der Waals surface area contributed by atoms with Crippen LogP contribution < -0.4 is 5.32 Å². The van der Waals surface area contributed by atoms with Crippen LogP contribution in [0.5, 0.6) is 0 Å². The van der Waals surface area contributed by atoms with Gasteiger partial charge in [-0.1, -0.05) is 6.92 Å². The highest BCUT2D eigenvalue weighted by atomic mass is 15.3. The minimum absolute atomic E-state index is 0.822. The molecule has 2 fully saturated rings. The van der Waals surface area contributed by atoms with Gasteiger partial charge in [-0.15, -0.1) is 0 Å². The van der Waals surface area contributed by atoms with Gasteiger partial charge in [0.1, 0.15) is 0 Å². The maximum Gasteiger partial charge on any atom is 0.0345 e. The molecule has 2 rings (SSSR count). The number of nitrogens with one attached hydrogen (secondary N) is 1. The van der Waals surface area contributed by atoms with E-state index in [1.54, 1.807) is 0 Å². The molecule has 1 N–H and O–H groups in total. The third-order valence-corrected chi connectivity index (χ3v) is 3.58. The second kappa shape index (κ2) is 5.10. The predicted octanol–water partition coefficient (Wildman–Crippen LogP) is 0.376. The fourth-order valence-corrected chi connectivity index (χ4v) is 2.41. The molecule has 0 bridgehead atoms. The molecule has 2 heterocycles. The maximum atomic E-state index is 3.35. The Bertz CT molecular complexity index is 162. The highest BCUT2D eigenvalue weighted by molar-refractivity contribution is 4.84. The van der Waals surface area contributed by atoms with Crippen LogP contribution in [0.3, 0.4) is 0 Å². The molecule has 0 aromatic carbocycles. The van der Waals surface area contributed by atoms with Crippen molar-refractivity contribution in [1.29, 1.82) is 0 Å². The Morgan fingerprint density at radius 3 is 2.50 bits per heavy atom. The molecule has 0 unspecified atom stereocenters. The second-order valence-corrected chi connectivity index (χ2v) is 4.49. The smallest absolute Gasteiger partial charge is 0.0345 e. The van der Waals surface area contributed by atoms with Crippen LogP contribution in [0, 0.1) is 0 Å². The Balaban J connectivity index is 1.65. The molecule has 3 nitrogen and oxygen atoms in total. The second-order valence-electron chi connectivity index (χ2n) is 4.49. The van der Waals surface area contributed by atoms with E-state index in [4.69, 9.17) is 0 Å². The monoisotopic (exact) mass is 197 g/mol. The summed E-state index contributed by atoms with van der Waals surface area (Å²) in [6, 6.07) is 0.822. The first-order chi connectivity index (χ1) is 6.90. The van der Waals surface area contributed by atoms with E-state index in [0.717, 1.165) is 6.04 Å². The van der Waals surface area contributed by atoms with Crippen molar-refractivity contribution in [2.75, 3.05) is 45.8 Å². The first-order valence-corrected chi connectivity index (χ1v) is 6.07. The topological polar surface area (TPSA) is 18.5 Å². The van der Waals surface area contributed by atoms with Gasteiger partial charge in [0.15, 0.2) is 0 Å². The van der Waals surface area contributed by atoms with Crippen molar-refractivity contribution < 1.29 is 0 Å². The van der Waals surface area contributed by atoms with Gasteiger partial charge in [0.05, 0.1) is 0 Å². The maximum absolute atomic E-state index is 3.35. The van der Waals surface area contributed by atoms with Crippen LogP contribution in [0.25, 0.3) is 0 Å². The van der Waals surface area contributed by atoms with Crippen molar-refractivity contribution in [3.63, 3.8) is 0 Å². The minimum Gasteiger partial charge on any atom is -0.314 e. The summed E-state index contributed by atoms with van der Waals surface area (Å²) in [7, 11) is 0. The number of nitrogens with zero attached hydrogens (tertiary/aromatic N) is 2. The van der Waals surface area contributed by atoms with Crippen molar-refractivity contribution in [3.05, 3.63) is 0 Å². The first kappa shape index (κ1) is 10.4. The average molecular weight is 197 g/mol. The fourth-order valence-electron chi connectivity index (χ4n) is 2.41. The van der Waals surface area contributed by atoms with Gasteiger partial charge in [-0.2, -0.15) is 0 Å². The summed E-state index contributed by atoms with van der Waals surface area (Å²) in [5.74, 6) is 0. The van der Waals surface area contributed by atoms with Crippen LogP contribution in [-0.4, -0.2) is 61.7 Å². The molecule has 2 saturated heterocycles. The molecule has 0 aromatic rings. The number of rotatable bonds is 5. The standard InChI is InChI=1S/C11H23N3/c1-2-14(11-9-12-10-11)8-7-13-5-3-4-6-13/h11-12H,2-10H2,1H3. The largest absolute Gasteiger partial charge is 0.314 e. The molecular weight excluding hydrogens is 174 g/mol. The lowest BCUT2D eigenvalue weighted by atomic mass is 10.1. The Morgan fingerprint density at radius 2 is 2.00 bits per heavy atom. The summed E-state index contributed by atoms with van der Waals surface area (Å²) < 4.78 is 0. The Kier molecular flexibility index (Phi) is 3.79. The molecule has 82 valence electrons. The molecular formula is C11H23N3. The minimum atomic E-state index is 0.822. The van der Waals surface area contributed by atoms with Crippen molar-refractivity contribution in [2.24, 2.45) is 0 Å². The molecule has 2 aliphatic heterocycles.